The summed E-state index contributed by atoms with van der Waals surface area (Å²) in [4.78, 5) is 12.6. The Morgan fingerprint density at radius 3 is 2.53 bits per heavy atom. The van der Waals surface area contributed by atoms with Gasteiger partial charge in [-0.2, -0.15) is 5.26 Å². The summed E-state index contributed by atoms with van der Waals surface area (Å²) in [6, 6.07) is 17.0. The smallest absolute Gasteiger partial charge is 0.194 e. The van der Waals surface area contributed by atoms with Crippen LogP contribution in [0.1, 0.15) is 11.1 Å². The van der Waals surface area contributed by atoms with Crippen molar-refractivity contribution in [3.05, 3.63) is 69.9 Å². The Kier molecular flexibility index (Phi) is 2.54. The molecule has 0 aromatic heterocycles. The first-order valence-corrected chi connectivity index (χ1v) is 6.07. The molecule has 0 amide bonds. The first-order valence-electron chi connectivity index (χ1n) is 6.07. The van der Waals surface area contributed by atoms with E-state index >= 15 is 0 Å². The van der Waals surface area contributed by atoms with Crippen molar-refractivity contribution in [1.82, 2.24) is 0 Å². The zero-order chi connectivity index (χ0) is 13.4. The van der Waals surface area contributed by atoms with Crippen LogP contribution in [0.4, 0.5) is 0 Å². The minimum Gasteiger partial charge on any atom is -0.289 e. The summed E-state index contributed by atoms with van der Waals surface area (Å²) in [5.41, 5.74) is 1.54. The molecule has 3 rings (SSSR count). The van der Waals surface area contributed by atoms with Gasteiger partial charge in [0.2, 0.25) is 0 Å². The SMILES string of the molecule is Cc1ccc2c(C#N)cc3ccccc3c(=O)c2c1. The lowest BCUT2D eigenvalue weighted by atomic mass is 10.1. The average Bonchev–Trinajstić information content (AvgIpc) is 2.55. The molecule has 0 aliphatic rings. The molecular formula is C17H11NO. The van der Waals surface area contributed by atoms with Gasteiger partial charge in [0.05, 0.1) is 11.6 Å². The van der Waals surface area contributed by atoms with E-state index in [1.165, 1.54) is 0 Å². The maximum absolute atomic E-state index is 12.6. The molecule has 2 heteroatoms. The molecule has 0 aliphatic heterocycles. The molecule has 0 spiro atoms. The van der Waals surface area contributed by atoms with Gasteiger partial charge in [-0.25, -0.2) is 0 Å². The first-order chi connectivity index (χ1) is 9.20. The van der Waals surface area contributed by atoms with Crippen LogP contribution in [-0.2, 0) is 0 Å². The molecule has 0 saturated carbocycles. The van der Waals surface area contributed by atoms with Crippen molar-refractivity contribution in [2.24, 2.45) is 0 Å². The minimum absolute atomic E-state index is 0.0178. The molecule has 3 aromatic carbocycles. The van der Waals surface area contributed by atoms with E-state index in [1.807, 2.05) is 43.3 Å². The second kappa shape index (κ2) is 4.22. The van der Waals surface area contributed by atoms with Crippen LogP contribution in [0.3, 0.4) is 0 Å². The van der Waals surface area contributed by atoms with Gasteiger partial charge in [-0.05, 0) is 24.4 Å². The number of nitrogens with zero attached hydrogens (tertiary/aromatic N) is 1. The molecule has 19 heavy (non-hydrogen) atoms. The lowest BCUT2D eigenvalue weighted by Crippen LogP contribution is -1.98. The van der Waals surface area contributed by atoms with Crippen LogP contribution in [0.5, 0.6) is 0 Å². The number of aryl methyl sites for hydroxylation is 1. The summed E-state index contributed by atoms with van der Waals surface area (Å²) in [7, 11) is 0. The topological polar surface area (TPSA) is 40.9 Å². The quantitative estimate of drug-likeness (QED) is 0.608. The maximum Gasteiger partial charge on any atom is 0.194 e. The summed E-state index contributed by atoms with van der Waals surface area (Å²) in [6.45, 7) is 1.94. The van der Waals surface area contributed by atoms with Gasteiger partial charge in [0.1, 0.15) is 0 Å². The van der Waals surface area contributed by atoms with E-state index in [1.54, 1.807) is 12.1 Å². The fraction of sp³-hybridized carbons (Fsp3) is 0.0588. The van der Waals surface area contributed by atoms with Crippen LogP contribution < -0.4 is 5.43 Å². The van der Waals surface area contributed by atoms with E-state index in [2.05, 4.69) is 6.07 Å². The molecule has 0 bridgehead atoms. The molecule has 0 N–H and O–H groups in total. The lowest BCUT2D eigenvalue weighted by Gasteiger charge is -1.95. The number of nitriles is 1. The fourth-order valence-electron chi connectivity index (χ4n) is 2.38. The van der Waals surface area contributed by atoms with Gasteiger partial charge in [0, 0.05) is 16.2 Å². The zero-order valence-electron chi connectivity index (χ0n) is 10.5. The third-order valence-electron chi connectivity index (χ3n) is 3.34. The summed E-state index contributed by atoms with van der Waals surface area (Å²) in [5, 5.41) is 12.1. The van der Waals surface area contributed by atoms with Gasteiger partial charge in [0.15, 0.2) is 5.43 Å². The highest BCUT2D eigenvalue weighted by Gasteiger charge is 2.06. The fourth-order valence-corrected chi connectivity index (χ4v) is 2.38. The molecule has 0 saturated heterocycles. The van der Waals surface area contributed by atoms with Gasteiger partial charge in [0.25, 0.3) is 0 Å². The van der Waals surface area contributed by atoms with E-state index in [0.29, 0.717) is 21.7 Å². The van der Waals surface area contributed by atoms with Crippen molar-refractivity contribution in [3.63, 3.8) is 0 Å². The number of hydrogen-bond acceptors (Lipinski definition) is 2. The highest BCUT2D eigenvalue weighted by molar-refractivity contribution is 5.96. The maximum atomic E-state index is 12.6. The average molecular weight is 245 g/mol. The third-order valence-corrected chi connectivity index (χ3v) is 3.34. The first kappa shape index (κ1) is 11.4. The summed E-state index contributed by atoms with van der Waals surface area (Å²) in [6.07, 6.45) is 0. The Bertz CT molecular complexity index is 904. The van der Waals surface area contributed by atoms with E-state index in [0.717, 1.165) is 10.9 Å². The van der Waals surface area contributed by atoms with Gasteiger partial charge >= 0.3 is 0 Å². The Balaban J connectivity index is 2.73. The Morgan fingerprint density at radius 1 is 0.947 bits per heavy atom. The molecule has 0 radical (unpaired) electrons. The molecule has 0 atom stereocenters. The van der Waals surface area contributed by atoms with Crippen molar-refractivity contribution in [1.29, 1.82) is 5.26 Å². The second-order valence-corrected chi connectivity index (χ2v) is 4.64. The Labute approximate surface area is 110 Å². The molecule has 0 aliphatic carbocycles. The monoisotopic (exact) mass is 245 g/mol. The van der Waals surface area contributed by atoms with Crippen molar-refractivity contribution < 1.29 is 0 Å². The van der Waals surface area contributed by atoms with Crippen LogP contribution in [0, 0.1) is 18.3 Å². The molecule has 0 fully saturated rings. The molecule has 0 heterocycles. The van der Waals surface area contributed by atoms with Crippen LogP contribution in [0.25, 0.3) is 21.5 Å². The van der Waals surface area contributed by atoms with E-state index in [9.17, 15) is 10.1 Å². The standard InChI is InChI=1S/C17H11NO/c1-11-6-7-14-13(10-18)9-12-4-2-3-5-15(12)17(19)16(14)8-11/h2-9H,1H3. The largest absolute Gasteiger partial charge is 0.289 e. The van der Waals surface area contributed by atoms with Gasteiger partial charge in [-0.15, -0.1) is 0 Å². The highest BCUT2D eigenvalue weighted by atomic mass is 16.1. The Morgan fingerprint density at radius 2 is 1.74 bits per heavy atom. The number of rotatable bonds is 0. The van der Waals surface area contributed by atoms with Gasteiger partial charge < -0.3 is 0 Å². The van der Waals surface area contributed by atoms with Crippen molar-refractivity contribution in [2.45, 2.75) is 6.92 Å². The number of benzene rings is 2. The number of fused-ring (bicyclic) bond motifs is 2. The summed E-state index contributed by atoms with van der Waals surface area (Å²) >= 11 is 0. The Hall–Kier alpha value is -2.66. The molecule has 3 aromatic rings. The van der Waals surface area contributed by atoms with Crippen LogP contribution >= 0.6 is 0 Å². The van der Waals surface area contributed by atoms with E-state index in [4.69, 9.17) is 0 Å². The third kappa shape index (κ3) is 1.76. The van der Waals surface area contributed by atoms with Gasteiger partial charge in [-0.1, -0.05) is 42.0 Å². The molecular weight excluding hydrogens is 234 g/mol. The van der Waals surface area contributed by atoms with E-state index in [-0.39, 0.29) is 5.43 Å². The predicted octanol–water partition coefficient (Wildman–Crippen LogP) is 3.53. The van der Waals surface area contributed by atoms with Crippen LogP contribution in [-0.4, -0.2) is 0 Å². The number of hydrogen-bond donors (Lipinski definition) is 0. The van der Waals surface area contributed by atoms with Crippen molar-refractivity contribution in [3.8, 4) is 6.07 Å². The zero-order valence-corrected chi connectivity index (χ0v) is 10.5. The van der Waals surface area contributed by atoms with Gasteiger partial charge in [-0.3, -0.25) is 4.79 Å². The minimum atomic E-state index is -0.0178. The summed E-state index contributed by atoms with van der Waals surface area (Å²) in [5.74, 6) is 0. The van der Waals surface area contributed by atoms with Crippen LogP contribution in [0.2, 0.25) is 0 Å². The normalized spacial score (nSPS) is 10.5. The van der Waals surface area contributed by atoms with Crippen molar-refractivity contribution in [2.75, 3.05) is 0 Å². The van der Waals surface area contributed by atoms with Crippen LogP contribution in [0.15, 0.2) is 53.3 Å². The molecule has 2 nitrogen and oxygen atoms in total. The highest BCUT2D eigenvalue weighted by Crippen LogP contribution is 2.20. The molecule has 0 unspecified atom stereocenters. The van der Waals surface area contributed by atoms with E-state index < -0.39 is 0 Å². The predicted molar refractivity (Wildman–Crippen MR) is 77.2 cm³/mol. The summed E-state index contributed by atoms with van der Waals surface area (Å²) < 4.78 is 0. The second-order valence-electron chi connectivity index (χ2n) is 4.64. The molecule has 90 valence electrons. The lowest BCUT2D eigenvalue weighted by molar-refractivity contribution is 1.49. The van der Waals surface area contributed by atoms with Crippen molar-refractivity contribution >= 4 is 21.5 Å².